The van der Waals surface area contributed by atoms with Gasteiger partial charge in [-0.25, -0.2) is 9.78 Å². The highest BCUT2D eigenvalue weighted by atomic mass is 32.1. The third-order valence-electron chi connectivity index (χ3n) is 1.17. The monoisotopic (exact) mass is 259 g/mol. The van der Waals surface area contributed by atoms with E-state index in [4.69, 9.17) is 0 Å². The summed E-state index contributed by atoms with van der Waals surface area (Å²) in [5.74, 6) is -1.12. The van der Waals surface area contributed by atoms with Crippen molar-refractivity contribution in [3.8, 4) is 0 Å². The molecule has 2 N–H and O–H groups in total. The van der Waals surface area contributed by atoms with Gasteiger partial charge in [0.25, 0.3) is 0 Å². The van der Waals surface area contributed by atoms with Crippen molar-refractivity contribution in [1.82, 2.24) is 10.3 Å². The molecule has 0 aliphatic heterocycles. The summed E-state index contributed by atoms with van der Waals surface area (Å²) >= 11 is 1.38. The summed E-state index contributed by atoms with van der Waals surface area (Å²) < 4.78 is 3.97. The Morgan fingerprint density at radius 3 is 2.18 bits per heavy atom. The van der Waals surface area contributed by atoms with Gasteiger partial charge in [-0.2, -0.15) is 0 Å². The van der Waals surface area contributed by atoms with Gasteiger partial charge in [-0.05, 0) is 0 Å². The van der Waals surface area contributed by atoms with Crippen molar-refractivity contribution < 1.29 is 19.1 Å². The van der Waals surface area contributed by atoms with Gasteiger partial charge < -0.3 is 10.1 Å². The van der Waals surface area contributed by atoms with E-state index in [1.807, 2.05) is 0 Å². The zero-order valence-electron chi connectivity index (χ0n) is 9.64. The number of nitrogens with zero attached hydrogens (tertiary/aromatic N) is 1. The van der Waals surface area contributed by atoms with Crippen molar-refractivity contribution in [3.05, 3.63) is 11.6 Å². The number of amides is 2. The number of urea groups is 1. The Labute approximate surface area is 102 Å². The van der Waals surface area contributed by atoms with Gasteiger partial charge in [-0.1, -0.05) is 0 Å². The van der Waals surface area contributed by atoms with Crippen LogP contribution in [0.4, 0.5) is 9.93 Å². The molecule has 0 fully saturated rings. The molecule has 7 nitrogen and oxygen atoms in total. The van der Waals surface area contributed by atoms with E-state index in [1.165, 1.54) is 25.2 Å². The Kier molecular flexibility index (Phi) is 7.27. The lowest BCUT2D eigenvalue weighted by Gasteiger charge is -1.96. The number of esters is 2. The number of carbonyl (C=O) groups excluding carboxylic acids is 3. The maximum atomic E-state index is 10.6. The van der Waals surface area contributed by atoms with Gasteiger partial charge in [-0.15, -0.1) is 11.3 Å². The van der Waals surface area contributed by atoms with Gasteiger partial charge in [0.1, 0.15) is 0 Å². The zero-order valence-corrected chi connectivity index (χ0v) is 10.5. The molecule has 17 heavy (non-hydrogen) atoms. The molecule has 0 saturated heterocycles. The fourth-order valence-corrected chi connectivity index (χ4v) is 1.17. The Hall–Kier alpha value is -1.96. The number of ether oxygens (including phenoxy) is 1. The first-order valence-electron chi connectivity index (χ1n) is 4.53. The van der Waals surface area contributed by atoms with Gasteiger partial charge in [-0.3, -0.25) is 14.9 Å². The summed E-state index contributed by atoms with van der Waals surface area (Å²) in [7, 11) is 1.56. The van der Waals surface area contributed by atoms with Crippen LogP contribution in [0.3, 0.4) is 0 Å². The molecular formula is C9H13N3O4S. The molecule has 1 aromatic rings. The van der Waals surface area contributed by atoms with Crippen molar-refractivity contribution in [2.24, 2.45) is 0 Å². The lowest BCUT2D eigenvalue weighted by atomic mass is 10.7. The lowest BCUT2D eigenvalue weighted by Crippen LogP contribution is -2.24. The quantitative estimate of drug-likeness (QED) is 0.579. The molecule has 2 amide bonds. The molecule has 0 aromatic carbocycles. The van der Waals surface area contributed by atoms with Gasteiger partial charge >= 0.3 is 18.0 Å². The number of carbonyl (C=O) groups is 3. The van der Waals surface area contributed by atoms with Crippen LogP contribution in [0.15, 0.2) is 11.6 Å². The Bertz CT molecular complexity index is 366. The average molecular weight is 259 g/mol. The summed E-state index contributed by atoms with van der Waals surface area (Å²) in [5, 5.41) is 7.36. The van der Waals surface area contributed by atoms with Crippen LogP contribution in [0.5, 0.6) is 0 Å². The van der Waals surface area contributed by atoms with Crippen LogP contribution in [0.2, 0.25) is 0 Å². The molecule has 1 heterocycles. The number of hydrogen-bond donors (Lipinski definition) is 2. The van der Waals surface area contributed by atoms with Crippen LogP contribution >= 0.6 is 11.3 Å². The Morgan fingerprint density at radius 2 is 1.88 bits per heavy atom. The molecule has 94 valence electrons. The van der Waals surface area contributed by atoms with Gasteiger partial charge in [0.2, 0.25) is 0 Å². The van der Waals surface area contributed by atoms with Crippen LogP contribution < -0.4 is 10.6 Å². The molecule has 0 saturated carbocycles. The molecule has 1 rings (SSSR count). The van der Waals surface area contributed by atoms with E-state index in [0.29, 0.717) is 5.13 Å². The maximum absolute atomic E-state index is 10.6. The van der Waals surface area contributed by atoms with Crippen LogP contribution in [-0.4, -0.2) is 30.0 Å². The second kappa shape index (κ2) is 8.22. The number of rotatable bonds is 1. The molecule has 0 radical (unpaired) electrons. The molecule has 0 aliphatic carbocycles. The number of hydrogen-bond acceptors (Lipinski definition) is 6. The van der Waals surface area contributed by atoms with Crippen molar-refractivity contribution >= 4 is 34.4 Å². The Morgan fingerprint density at radius 1 is 1.29 bits per heavy atom. The van der Waals surface area contributed by atoms with E-state index in [2.05, 4.69) is 20.4 Å². The number of anilines is 1. The molecular weight excluding hydrogens is 246 g/mol. The molecule has 8 heteroatoms. The van der Waals surface area contributed by atoms with E-state index < -0.39 is 11.9 Å². The standard InChI is InChI=1S/C5H7N3OS.C4H6O3/c1-6-4(9)8-5-7-2-3-10-5;1-3(5)7-4(2)6/h2-3H,1H3,(H2,6,7,8,9);1-2H3. The van der Waals surface area contributed by atoms with Crippen molar-refractivity contribution in [1.29, 1.82) is 0 Å². The predicted molar refractivity (Wildman–Crippen MR) is 62.6 cm³/mol. The molecule has 0 bridgehead atoms. The third-order valence-corrected chi connectivity index (χ3v) is 1.86. The second-order valence-electron chi connectivity index (χ2n) is 2.63. The van der Waals surface area contributed by atoms with E-state index in [-0.39, 0.29) is 6.03 Å². The summed E-state index contributed by atoms with van der Waals surface area (Å²) in [6, 6.07) is -0.241. The molecule has 0 aliphatic rings. The van der Waals surface area contributed by atoms with Crippen molar-refractivity contribution in [2.45, 2.75) is 13.8 Å². The fraction of sp³-hybridized carbons (Fsp3) is 0.333. The highest BCUT2D eigenvalue weighted by Crippen LogP contribution is 2.09. The van der Waals surface area contributed by atoms with E-state index in [1.54, 1.807) is 18.6 Å². The molecule has 0 unspecified atom stereocenters. The topological polar surface area (TPSA) is 97.4 Å². The smallest absolute Gasteiger partial charge is 0.320 e. The highest BCUT2D eigenvalue weighted by molar-refractivity contribution is 7.13. The first kappa shape index (κ1) is 15.0. The Balaban J connectivity index is 0.000000325. The van der Waals surface area contributed by atoms with E-state index in [0.717, 1.165) is 0 Å². The largest absolute Gasteiger partial charge is 0.394 e. The minimum atomic E-state index is -0.562. The summed E-state index contributed by atoms with van der Waals surface area (Å²) in [4.78, 5) is 34.1. The first-order chi connectivity index (χ1) is 7.95. The lowest BCUT2D eigenvalue weighted by molar-refractivity contribution is -0.156. The normalized spacial score (nSPS) is 8.41. The van der Waals surface area contributed by atoms with E-state index in [9.17, 15) is 14.4 Å². The van der Waals surface area contributed by atoms with Gasteiger partial charge in [0.05, 0.1) is 0 Å². The predicted octanol–water partition coefficient (Wildman–Crippen LogP) is 0.990. The summed E-state index contributed by atoms with van der Waals surface area (Å²) in [5.41, 5.74) is 0. The third kappa shape index (κ3) is 9.00. The summed E-state index contributed by atoms with van der Waals surface area (Å²) in [6.07, 6.45) is 1.63. The summed E-state index contributed by atoms with van der Waals surface area (Å²) in [6.45, 7) is 2.36. The maximum Gasteiger partial charge on any atom is 0.320 e. The molecule has 0 spiro atoms. The minimum absolute atomic E-state index is 0.241. The van der Waals surface area contributed by atoms with Gasteiger partial charge in [0, 0.05) is 32.5 Å². The number of aromatic nitrogens is 1. The molecule has 1 aromatic heterocycles. The number of thiazole rings is 1. The van der Waals surface area contributed by atoms with Crippen LogP contribution in [0.25, 0.3) is 0 Å². The van der Waals surface area contributed by atoms with Crippen LogP contribution in [0, 0.1) is 0 Å². The van der Waals surface area contributed by atoms with Crippen LogP contribution in [-0.2, 0) is 14.3 Å². The van der Waals surface area contributed by atoms with E-state index >= 15 is 0 Å². The zero-order chi connectivity index (χ0) is 13.3. The average Bonchev–Trinajstić information content (AvgIpc) is 2.69. The van der Waals surface area contributed by atoms with Crippen molar-refractivity contribution in [3.63, 3.8) is 0 Å². The number of nitrogens with one attached hydrogen (secondary N) is 2. The first-order valence-corrected chi connectivity index (χ1v) is 5.41. The van der Waals surface area contributed by atoms with Gasteiger partial charge in [0.15, 0.2) is 5.13 Å². The van der Waals surface area contributed by atoms with Crippen molar-refractivity contribution in [2.75, 3.05) is 12.4 Å². The SMILES string of the molecule is CC(=O)OC(C)=O.CNC(=O)Nc1nccs1. The minimum Gasteiger partial charge on any atom is -0.394 e. The fourth-order valence-electron chi connectivity index (χ4n) is 0.647. The highest BCUT2D eigenvalue weighted by Gasteiger charge is 1.97. The second-order valence-corrected chi connectivity index (χ2v) is 3.52. The van der Waals surface area contributed by atoms with Crippen LogP contribution in [0.1, 0.15) is 13.8 Å². The molecule has 0 atom stereocenters.